The van der Waals surface area contributed by atoms with Gasteiger partial charge >= 0.3 is 0 Å². The van der Waals surface area contributed by atoms with E-state index in [1.807, 2.05) is 6.92 Å². The van der Waals surface area contributed by atoms with Crippen molar-refractivity contribution < 1.29 is 9.66 Å². The molecule has 0 spiro atoms. The highest BCUT2D eigenvalue weighted by atomic mass is 16.6. The second-order valence-electron chi connectivity index (χ2n) is 3.77. The number of aryl methyl sites for hydroxylation is 1. The van der Waals surface area contributed by atoms with Crippen LogP contribution in [0.4, 0.5) is 5.69 Å². The number of nitro groups is 1. The summed E-state index contributed by atoms with van der Waals surface area (Å²) in [7, 11) is 1.51. The molecule has 1 aromatic carbocycles. The highest BCUT2D eigenvalue weighted by Gasteiger charge is 2.11. The Morgan fingerprint density at radius 3 is 2.75 bits per heavy atom. The minimum Gasteiger partial charge on any atom is -0.496 e. The molecular formula is C11H16N2O3. The molecule has 1 atom stereocenters. The maximum absolute atomic E-state index is 10.6. The lowest BCUT2D eigenvalue weighted by molar-refractivity contribution is -0.384. The first-order valence-electron chi connectivity index (χ1n) is 5.11. The molecule has 0 unspecified atom stereocenters. The summed E-state index contributed by atoms with van der Waals surface area (Å²) >= 11 is 0. The lowest BCUT2D eigenvalue weighted by atomic mass is 10.1. The molecule has 2 N–H and O–H groups in total. The van der Waals surface area contributed by atoms with Crippen LogP contribution in [0.25, 0.3) is 0 Å². The van der Waals surface area contributed by atoms with Gasteiger partial charge in [-0.1, -0.05) is 0 Å². The fraction of sp³-hybridized carbons (Fsp3) is 0.455. The number of nitrogens with two attached hydrogens (primary N) is 1. The molecule has 0 bridgehead atoms. The Balaban J connectivity index is 2.89. The Labute approximate surface area is 94.4 Å². The van der Waals surface area contributed by atoms with Crippen LogP contribution in [0.5, 0.6) is 5.75 Å². The van der Waals surface area contributed by atoms with Crippen molar-refractivity contribution in [2.75, 3.05) is 7.11 Å². The molecule has 0 fully saturated rings. The molecule has 0 aliphatic rings. The van der Waals surface area contributed by atoms with Crippen LogP contribution in [0.2, 0.25) is 0 Å². The van der Waals surface area contributed by atoms with Gasteiger partial charge in [-0.25, -0.2) is 0 Å². The molecule has 0 saturated carbocycles. The van der Waals surface area contributed by atoms with Gasteiger partial charge in [-0.2, -0.15) is 0 Å². The third-order valence-corrected chi connectivity index (χ3v) is 2.35. The summed E-state index contributed by atoms with van der Waals surface area (Å²) in [5, 5.41) is 10.6. The van der Waals surface area contributed by atoms with E-state index in [4.69, 9.17) is 10.5 Å². The van der Waals surface area contributed by atoms with Gasteiger partial charge in [0, 0.05) is 12.1 Å². The number of nitro benzene ring substituents is 1. The summed E-state index contributed by atoms with van der Waals surface area (Å²) in [5.41, 5.74) is 6.65. The van der Waals surface area contributed by atoms with Gasteiger partial charge in [0.15, 0.2) is 0 Å². The van der Waals surface area contributed by atoms with Gasteiger partial charge in [0.05, 0.1) is 18.1 Å². The van der Waals surface area contributed by atoms with Crippen molar-refractivity contribution in [1.29, 1.82) is 0 Å². The van der Waals surface area contributed by atoms with E-state index >= 15 is 0 Å². The van der Waals surface area contributed by atoms with Gasteiger partial charge in [-0.15, -0.1) is 0 Å². The monoisotopic (exact) mass is 224 g/mol. The number of nitrogens with zero attached hydrogens (tertiary/aromatic N) is 1. The first kappa shape index (κ1) is 12.4. The number of benzene rings is 1. The first-order valence-corrected chi connectivity index (χ1v) is 5.11. The summed E-state index contributed by atoms with van der Waals surface area (Å²) in [6.45, 7) is 1.93. The number of ether oxygens (including phenoxy) is 1. The van der Waals surface area contributed by atoms with Crippen molar-refractivity contribution in [3.8, 4) is 5.75 Å². The predicted octanol–water partition coefficient (Wildman–Crippen LogP) is 1.88. The molecule has 0 aromatic heterocycles. The van der Waals surface area contributed by atoms with Crippen LogP contribution in [0.1, 0.15) is 18.9 Å². The molecular weight excluding hydrogens is 208 g/mol. The van der Waals surface area contributed by atoms with Crippen molar-refractivity contribution in [3.63, 3.8) is 0 Å². The quantitative estimate of drug-likeness (QED) is 0.611. The number of methoxy groups -OCH3 is 1. The van der Waals surface area contributed by atoms with E-state index in [0.29, 0.717) is 5.75 Å². The average molecular weight is 224 g/mol. The van der Waals surface area contributed by atoms with E-state index in [1.54, 1.807) is 6.07 Å². The normalized spacial score (nSPS) is 12.2. The van der Waals surface area contributed by atoms with Crippen molar-refractivity contribution in [3.05, 3.63) is 33.9 Å². The SMILES string of the molecule is COc1cc([N+](=O)[O-])ccc1CC[C@H](C)N. The maximum Gasteiger partial charge on any atom is 0.273 e. The standard InChI is InChI=1S/C11H16N2O3/c1-8(12)3-4-9-5-6-10(13(14)15)7-11(9)16-2/h5-8H,3-4,12H2,1-2H3/t8-/m0/s1. The van der Waals surface area contributed by atoms with Crippen LogP contribution in [-0.2, 0) is 6.42 Å². The molecule has 88 valence electrons. The topological polar surface area (TPSA) is 78.4 Å². The maximum atomic E-state index is 10.6. The van der Waals surface area contributed by atoms with E-state index in [-0.39, 0.29) is 11.7 Å². The van der Waals surface area contributed by atoms with E-state index in [1.165, 1.54) is 19.2 Å². The summed E-state index contributed by atoms with van der Waals surface area (Å²) in [6.07, 6.45) is 1.59. The Morgan fingerprint density at radius 2 is 2.25 bits per heavy atom. The van der Waals surface area contributed by atoms with Crippen molar-refractivity contribution in [1.82, 2.24) is 0 Å². The second-order valence-corrected chi connectivity index (χ2v) is 3.77. The molecule has 5 heteroatoms. The van der Waals surface area contributed by atoms with Gasteiger partial charge in [-0.05, 0) is 31.4 Å². The Kier molecular flexibility index (Phi) is 4.25. The Morgan fingerprint density at radius 1 is 1.56 bits per heavy atom. The molecule has 0 aliphatic heterocycles. The van der Waals surface area contributed by atoms with Crippen LogP contribution in [0, 0.1) is 10.1 Å². The zero-order valence-corrected chi connectivity index (χ0v) is 9.47. The van der Waals surface area contributed by atoms with Crippen LogP contribution in [-0.4, -0.2) is 18.1 Å². The van der Waals surface area contributed by atoms with Gasteiger partial charge in [0.25, 0.3) is 5.69 Å². The van der Waals surface area contributed by atoms with Crippen molar-refractivity contribution >= 4 is 5.69 Å². The van der Waals surface area contributed by atoms with E-state index in [2.05, 4.69) is 0 Å². The minimum absolute atomic E-state index is 0.0430. The summed E-state index contributed by atoms with van der Waals surface area (Å²) in [4.78, 5) is 10.1. The summed E-state index contributed by atoms with van der Waals surface area (Å²) in [5.74, 6) is 0.551. The number of rotatable bonds is 5. The second kappa shape index (κ2) is 5.46. The van der Waals surface area contributed by atoms with Gasteiger partial charge in [-0.3, -0.25) is 10.1 Å². The van der Waals surface area contributed by atoms with Gasteiger partial charge < -0.3 is 10.5 Å². The van der Waals surface area contributed by atoms with Gasteiger partial charge in [0.2, 0.25) is 0 Å². The zero-order chi connectivity index (χ0) is 12.1. The smallest absolute Gasteiger partial charge is 0.273 e. The third-order valence-electron chi connectivity index (χ3n) is 2.35. The largest absolute Gasteiger partial charge is 0.496 e. The number of hydrogen-bond acceptors (Lipinski definition) is 4. The number of hydrogen-bond donors (Lipinski definition) is 1. The van der Waals surface area contributed by atoms with Crippen molar-refractivity contribution in [2.45, 2.75) is 25.8 Å². The van der Waals surface area contributed by atoms with E-state index in [9.17, 15) is 10.1 Å². The van der Waals surface area contributed by atoms with E-state index < -0.39 is 4.92 Å². The summed E-state index contributed by atoms with van der Waals surface area (Å²) in [6, 6.07) is 4.76. The highest BCUT2D eigenvalue weighted by molar-refractivity contribution is 5.44. The third kappa shape index (κ3) is 3.20. The first-order chi connectivity index (χ1) is 7.54. The fourth-order valence-electron chi connectivity index (χ4n) is 1.44. The molecule has 5 nitrogen and oxygen atoms in total. The molecule has 0 amide bonds. The Bertz CT molecular complexity index is 377. The average Bonchev–Trinajstić information content (AvgIpc) is 2.25. The lowest BCUT2D eigenvalue weighted by Gasteiger charge is -2.09. The highest BCUT2D eigenvalue weighted by Crippen LogP contribution is 2.25. The zero-order valence-electron chi connectivity index (χ0n) is 9.47. The van der Waals surface area contributed by atoms with Crippen LogP contribution in [0.3, 0.4) is 0 Å². The fourth-order valence-corrected chi connectivity index (χ4v) is 1.44. The molecule has 1 aromatic rings. The molecule has 0 radical (unpaired) electrons. The molecule has 1 rings (SSSR count). The molecule has 16 heavy (non-hydrogen) atoms. The number of non-ortho nitro benzene ring substituents is 1. The molecule has 0 saturated heterocycles. The van der Waals surface area contributed by atoms with Crippen LogP contribution >= 0.6 is 0 Å². The van der Waals surface area contributed by atoms with Gasteiger partial charge in [0.1, 0.15) is 5.75 Å². The van der Waals surface area contributed by atoms with Crippen LogP contribution in [0.15, 0.2) is 18.2 Å². The Hall–Kier alpha value is -1.62. The predicted molar refractivity (Wildman–Crippen MR) is 61.6 cm³/mol. The lowest BCUT2D eigenvalue weighted by Crippen LogP contribution is -2.15. The minimum atomic E-state index is -0.433. The summed E-state index contributed by atoms with van der Waals surface area (Å²) < 4.78 is 5.12. The van der Waals surface area contributed by atoms with Crippen molar-refractivity contribution in [2.24, 2.45) is 5.73 Å². The van der Waals surface area contributed by atoms with Crippen LogP contribution < -0.4 is 10.5 Å². The molecule has 0 aliphatic carbocycles. The van der Waals surface area contributed by atoms with E-state index in [0.717, 1.165) is 18.4 Å². The molecule has 0 heterocycles.